The van der Waals surface area contributed by atoms with Gasteiger partial charge >= 0.3 is 6.18 Å². The Labute approximate surface area is 119 Å². The number of rotatable bonds is 4. The summed E-state index contributed by atoms with van der Waals surface area (Å²) >= 11 is 0. The third-order valence-corrected chi connectivity index (χ3v) is 3.06. The molecule has 0 saturated carbocycles. The number of imidazole rings is 1. The van der Waals surface area contributed by atoms with Crippen molar-refractivity contribution in [2.45, 2.75) is 32.6 Å². The summed E-state index contributed by atoms with van der Waals surface area (Å²) in [5.41, 5.74) is -0.299. The number of hydrogen-bond acceptors (Lipinski definition) is 2. The molecule has 0 bridgehead atoms. The molecule has 2 aromatic rings. The van der Waals surface area contributed by atoms with E-state index in [1.807, 2.05) is 18.4 Å². The molecule has 0 saturated heterocycles. The molecule has 0 atom stereocenters. The van der Waals surface area contributed by atoms with E-state index in [0.29, 0.717) is 0 Å². The zero-order valence-electron chi connectivity index (χ0n) is 11.6. The highest BCUT2D eigenvalue weighted by Gasteiger charge is 2.31. The molecule has 1 N–H and O–H groups in total. The van der Waals surface area contributed by atoms with E-state index in [2.05, 4.69) is 10.3 Å². The van der Waals surface area contributed by atoms with E-state index in [-0.39, 0.29) is 18.3 Å². The molecule has 0 fully saturated rings. The van der Waals surface area contributed by atoms with Crippen LogP contribution in [0.1, 0.15) is 31.1 Å². The highest BCUT2D eigenvalue weighted by atomic mass is 19.4. The van der Waals surface area contributed by atoms with Crippen LogP contribution in [0.3, 0.4) is 0 Å². The smallest absolute Gasteiger partial charge is 0.377 e. The summed E-state index contributed by atoms with van der Waals surface area (Å²) in [4.78, 5) is 3.98. The van der Waals surface area contributed by atoms with Gasteiger partial charge in [0, 0.05) is 12.2 Å². The van der Waals surface area contributed by atoms with E-state index in [1.165, 1.54) is 0 Å². The number of benzene rings is 1. The first-order valence-corrected chi connectivity index (χ1v) is 6.40. The summed E-state index contributed by atoms with van der Waals surface area (Å²) < 4.78 is 53.3. The van der Waals surface area contributed by atoms with Crippen molar-refractivity contribution >= 4 is 5.69 Å². The van der Waals surface area contributed by atoms with Gasteiger partial charge < -0.3 is 9.88 Å². The fraction of sp³-hybridized carbons (Fsp3) is 0.357. The number of alkyl halides is 3. The topological polar surface area (TPSA) is 29.9 Å². The van der Waals surface area contributed by atoms with E-state index in [0.717, 1.165) is 23.9 Å². The summed E-state index contributed by atoms with van der Waals surface area (Å²) in [6.07, 6.45) is -1.27. The normalized spacial score (nSPS) is 12.0. The first-order valence-electron chi connectivity index (χ1n) is 6.40. The average Bonchev–Trinajstić information content (AvgIpc) is 2.85. The predicted octanol–water partition coefficient (Wildman–Crippen LogP) is 4.23. The van der Waals surface area contributed by atoms with Crippen LogP contribution in [0.2, 0.25) is 0 Å². The van der Waals surface area contributed by atoms with Crippen molar-refractivity contribution in [3.05, 3.63) is 47.8 Å². The molecule has 0 aliphatic heterocycles. The summed E-state index contributed by atoms with van der Waals surface area (Å²) in [6, 6.07) is 2.46. The summed E-state index contributed by atoms with van der Waals surface area (Å²) in [5.74, 6) is -0.724. The van der Waals surface area contributed by atoms with Gasteiger partial charge in [-0.15, -0.1) is 0 Å². The van der Waals surface area contributed by atoms with Gasteiger partial charge in [0.2, 0.25) is 0 Å². The molecule has 21 heavy (non-hydrogen) atoms. The molecule has 3 nitrogen and oxygen atoms in total. The molecule has 1 aromatic heterocycles. The lowest BCUT2D eigenvalue weighted by Gasteiger charge is -2.14. The van der Waals surface area contributed by atoms with Crippen LogP contribution < -0.4 is 5.32 Å². The van der Waals surface area contributed by atoms with Crippen LogP contribution in [0.15, 0.2) is 30.7 Å². The van der Waals surface area contributed by atoms with Gasteiger partial charge in [-0.05, 0) is 32.0 Å². The number of nitrogens with one attached hydrogen (secondary N) is 1. The number of hydrogen-bond donors (Lipinski definition) is 1. The Bertz CT molecular complexity index is 617. The quantitative estimate of drug-likeness (QED) is 0.856. The number of aromatic nitrogens is 2. The van der Waals surface area contributed by atoms with E-state index >= 15 is 0 Å². The second-order valence-corrected chi connectivity index (χ2v) is 4.93. The van der Waals surface area contributed by atoms with Gasteiger partial charge in [-0.25, -0.2) is 9.37 Å². The standard InChI is InChI=1S/C14H15F4N3/c1-9(2)21-8-19-6-11(21)7-20-13-5-10(14(16,17)18)3-4-12(13)15/h3-6,8-9,20H,7H2,1-2H3. The zero-order chi connectivity index (χ0) is 15.6. The molecule has 0 spiro atoms. The number of anilines is 1. The molecule has 0 aliphatic rings. The molecule has 0 radical (unpaired) electrons. The fourth-order valence-electron chi connectivity index (χ4n) is 1.96. The van der Waals surface area contributed by atoms with E-state index in [1.54, 1.807) is 12.5 Å². The van der Waals surface area contributed by atoms with Gasteiger partial charge in [0.1, 0.15) is 5.82 Å². The van der Waals surface area contributed by atoms with E-state index in [9.17, 15) is 17.6 Å². The van der Waals surface area contributed by atoms with Crippen LogP contribution in [-0.4, -0.2) is 9.55 Å². The van der Waals surface area contributed by atoms with Crippen molar-refractivity contribution in [2.75, 3.05) is 5.32 Å². The molecule has 114 valence electrons. The van der Waals surface area contributed by atoms with Crippen LogP contribution in [0.4, 0.5) is 23.2 Å². The molecule has 0 aliphatic carbocycles. The minimum Gasteiger partial charge on any atom is -0.377 e. The van der Waals surface area contributed by atoms with E-state index < -0.39 is 17.6 Å². The van der Waals surface area contributed by atoms with Crippen LogP contribution in [0.5, 0.6) is 0 Å². The van der Waals surface area contributed by atoms with Crippen molar-refractivity contribution in [2.24, 2.45) is 0 Å². The van der Waals surface area contributed by atoms with Crippen molar-refractivity contribution in [1.82, 2.24) is 9.55 Å². The Kier molecular flexibility index (Phi) is 4.20. The largest absolute Gasteiger partial charge is 0.416 e. The Balaban J connectivity index is 2.18. The lowest BCUT2D eigenvalue weighted by molar-refractivity contribution is -0.137. The Hall–Kier alpha value is -2.05. The van der Waals surface area contributed by atoms with Gasteiger partial charge in [-0.2, -0.15) is 13.2 Å². The molecular formula is C14H15F4N3. The minimum absolute atomic E-state index is 0.163. The maximum absolute atomic E-state index is 13.6. The van der Waals surface area contributed by atoms with Gasteiger partial charge in [0.25, 0.3) is 0 Å². The maximum Gasteiger partial charge on any atom is 0.416 e. The number of halogens is 4. The minimum atomic E-state index is -4.50. The fourth-order valence-corrected chi connectivity index (χ4v) is 1.96. The van der Waals surface area contributed by atoms with Gasteiger partial charge in [-0.3, -0.25) is 0 Å². The van der Waals surface area contributed by atoms with Crippen LogP contribution in [-0.2, 0) is 12.7 Å². The molecule has 1 aromatic carbocycles. The SMILES string of the molecule is CC(C)n1cncc1CNc1cc(C(F)(F)F)ccc1F. The van der Waals surface area contributed by atoms with Crippen molar-refractivity contribution in [3.8, 4) is 0 Å². The second-order valence-electron chi connectivity index (χ2n) is 4.93. The molecule has 7 heteroatoms. The Morgan fingerprint density at radius 2 is 2.00 bits per heavy atom. The molecule has 0 amide bonds. The molecule has 0 unspecified atom stereocenters. The third-order valence-electron chi connectivity index (χ3n) is 3.06. The molecule has 2 rings (SSSR count). The lowest BCUT2D eigenvalue weighted by Crippen LogP contribution is -2.11. The van der Waals surface area contributed by atoms with Crippen LogP contribution in [0.25, 0.3) is 0 Å². The molecule has 1 heterocycles. The van der Waals surface area contributed by atoms with Crippen molar-refractivity contribution < 1.29 is 17.6 Å². The second kappa shape index (κ2) is 5.75. The monoisotopic (exact) mass is 301 g/mol. The van der Waals surface area contributed by atoms with Crippen LogP contribution in [0, 0.1) is 5.82 Å². The van der Waals surface area contributed by atoms with Crippen molar-refractivity contribution in [3.63, 3.8) is 0 Å². The first kappa shape index (κ1) is 15.3. The van der Waals surface area contributed by atoms with Gasteiger partial charge in [0.15, 0.2) is 0 Å². The first-order chi connectivity index (χ1) is 9.79. The van der Waals surface area contributed by atoms with Gasteiger partial charge in [-0.1, -0.05) is 0 Å². The van der Waals surface area contributed by atoms with Crippen LogP contribution >= 0.6 is 0 Å². The third kappa shape index (κ3) is 3.53. The summed E-state index contributed by atoms with van der Waals surface area (Å²) in [7, 11) is 0. The molecular weight excluding hydrogens is 286 g/mol. The highest BCUT2D eigenvalue weighted by Crippen LogP contribution is 2.31. The predicted molar refractivity (Wildman–Crippen MR) is 71.3 cm³/mol. The Morgan fingerprint density at radius 3 is 2.62 bits per heavy atom. The number of nitrogens with zero attached hydrogens (tertiary/aromatic N) is 2. The Morgan fingerprint density at radius 1 is 1.29 bits per heavy atom. The lowest BCUT2D eigenvalue weighted by atomic mass is 10.2. The zero-order valence-corrected chi connectivity index (χ0v) is 11.6. The highest BCUT2D eigenvalue weighted by molar-refractivity contribution is 5.48. The van der Waals surface area contributed by atoms with E-state index in [4.69, 9.17) is 0 Å². The average molecular weight is 301 g/mol. The summed E-state index contributed by atoms with van der Waals surface area (Å²) in [5, 5.41) is 2.69. The maximum atomic E-state index is 13.6. The van der Waals surface area contributed by atoms with Crippen molar-refractivity contribution in [1.29, 1.82) is 0 Å². The summed E-state index contributed by atoms with van der Waals surface area (Å²) in [6.45, 7) is 4.10. The van der Waals surface area contributed by atoms with Gasteiger partial charge in [0.05, 0.1) is 29.8 Å².